The highest BCUT2D eigenvalue weighted by molar-refractivity contribution is 6.32. The maximum atomic E-state index is 7.46. The van der Waals surface area contributed by atoms with E-state index in [1.54, 1.807) is 0 Å². The number of guanidine groups is 1. The minimum atomic E-state index is -0.921. The van der Waals surface area contributed by atoms with Gasteiger partial charge in [-0.3, -0.25) is 0 Å². The Labute approximate surface area is 219 Å². The molecule has 4 aliphatic rings. The van der Waals surface area contributed by atoms with Gasteiger partial charge in [-0.1, -0.05) is 35.9 Å². The number of hydrazone groups is 1. The number of likely N-dealkylation sites (N-methyl/N-ethyl adjacent to an activating group) is 1. The maximum Gasteiger partial charge on any atom is 0.265 e. The molecule has 3 aromatic carbocycles. The highest BCUT2D eigenvalue weighted by Crippen LogP contribution is 2.41. The Bertz CT molecular complexity index is 1530. The number of hydrogen-bond acceptors (Lipinski definition) is 9. The first kappa shape index (κ1) is 22.2. The number of benzene rings is 3. The van der Waals surface area contributed by atoms with Crippen LogP contribution in [0, 0.1) is 0 Å². The standard InChI is InChI=1S/C27H25ClN8O/c1-35-15-30-14-24(35)27(29,18-6-8-23-16(11-18)9-10-37-23)19-5-7-22-21(13-19)25(17-3-2-4-20(28)12-17)31-26-32-33-34-36(22)26/h2-8,11-14,30,33-34H,9-10,15,29H2,1H3. The second kappa shape index (κ2) is 8.24. The van der Waals surface area contributed by atoms with Crippen LogP contribution in [-0.4, -0.2) is 36.9 Å². The Balaban J connectivity index is 1.43. The topological polar surface area (TPSA) is 103 Å². The average molecular weight is 513 g/mol. The summed E-state index contributed by atoms with van der Waals surface area (Å²) in [6.45, 7) is 1.38. The summed E-state index contributed by atoms with van der Waals surface area (Å²) in [7, 11) is 2.05. The number of halogens is 1. The van der Waals surface area contributed by atoms with Crippen LogP contribution in [0.4, 0.5) is 5.69 Å². The summed E-state index contributed by atoms with van der Waals surface area (Å²) in [6.07, 6.45) is 2.88. The number of hydrazine groups is 2. The first-order valence-corrected chi connectivity index (χ1v) is 12.5. The number of nitrogens with one attached hydrogen (secondary N) is 3. The zero-order valence-electron chi connectivity index (χ0n) is 20.1. The van der Waals surface area contributed by atoms with E-state index in [0.29, 0.717) is 24.3 Å². The van der Waals surface area contributed by atoms with Crippen LogP contribution >= 0.6 is 11.6 Å². The molecule has 0 fully saturated rings. The quantitative estimate of drug-likeness (QED) is 0.426. The smallest absolute Gasteiger partial charge is 0.265 e. The van der Waals surface area contributed by atoms with Crippen LogP contribution in [0.1, 0.15) is 27.8 Å². The molecule has 3 aromatic rings. The highest BCUT2D eigenvalue weighted by Gasteiger charge is 2.40. The fraction of sp³-hybridized carbons (Fsp3) is 0.185. The van der Waals surface area contributed by atoms with Gasteiger partial charge >= 0.3 is 0 Å². The van der Waals surface area contributed by atoms with Crippen molar-refractivity contribution in [3.8, 4) is 5.75 Å². The van der Waals surface area contributed by atoms with Gasteiger partial charge in [0.2, 0.25) is 0 Å². The first-order chi connectivity index (χ1) is 18.0. The van der Waals surface area contributed by atoms with Crippen LogP contribution in [-0.2, 0) is 12.0 Å². The second-order valence-electron chi connectivity index (χ2n) is 9.49. The van der Waals surface area contributed by atoms with E-state index < -0.39 is 5.54 Å². The molecular formula is C27H25ClN8O. The molecule has 9 nitrogen and oxygen atoms in total. The van der Waals surface area contributed by atoms with E-state index in [1.807, 2.05) is 48.6 Å². The van der Waals surface area contributed by atoms with Crippen molar-refractivity contribution in [3.63, 3.8) is 0 Å². The Kier molecular flexibility index (Phi) is 4.94. The molecule has 37 heavy (non-hydrogen) atoms. The van der Waals surface area contributed by atoms with Gasteiger partial charge in [0, 0.05) is 35.8 Å². The molecule has 1 unspecified atom stereocenters. The van der Waals surface area contributed by atoms with Gasteiger partial charge in [-0.05, 0) is 53.1 Å². The molecule has 0 bridgehead atoms. The van der Waals surface area contributed by atoms with Gasteiger partial charge in [-0.15, -0.1) is 10.6 Å². The lowest BCUT2D eigenvalue weighted by atomic mass is 9.78. The van der Waals surface area contributed by atoms with E-state index in [9.17, 15) is 0 Å². The van der Waals surface area contributed by atoms with Crippen molar-refractivity contribution in [1.29, 1.82) is 0 Å². The molecule has 0 saturated carbocycles. The summed E-state index contributed by atoms with van der Waals surface area (Å²) in [4.78, 5) is 7.01. The van der Waals surface area contributed by atoms with Crippen molar-refractivity contribution >= 4 is 29.0 Å². The largest absolute Gasteiger partial charge is 0.493 e. The Morgan fingerprint density at radius 3 is 2.78 bits per heavy atom. The lowest BCUT2D eigenvalue weighted by Crippen LogP contribution is -2.46. The van der Waals surface area contributed by atoms with Crippen molar-refractivity contribution in [3.05, 3.63) is 105 Å². The van der Waals surface area contributed by atoms with Gasteiger partial charge in [0.1, 0.15) is 11.3 Å². The minimum Gasteiger partial charge on any atom is -0.493 e. The normalized spacial score (nSPS) is 18.9. The Morgan fingerprint density at radius 1 is 1.08 bits per heavy atom. The van der Waals surface area contributed by atoms with Crippen LogP contribution in [0.25, 0.3) is 0 Å². The van der Waals surface area contributed by atoms with E-state index in [2.05, 4.69) is 56.7 Å². The van der Waals surface area contributed by atoms with Gasteiger partial charge in [0.05, 0.1) is 30.4 Å². The summed E-state index contributed by atoms with van der Waals surface area (Å²) >= 11 is 6.36. The molecule has 0 amide bonds. The van der Waals surface area contributed by atoms with Gasteiger partial charge < -0.3 is 20.7 Å². The highest BCUT2D eigenvalue weighted by atomic mass is 35.5. The lowest BCUT2D eigenvalue weighted by molar-refractivity contribution is 0.356. The molecule has 0 saturated heterocycles. The number of aliphatic imine (C=N–C) groups is 1. The minimum absolute atomic E-state index is 0.523. The van der Waals surface area contributed by atoms with Gasteiger partial charge in [0.25, 0.3) is 5.96 Å². The number of rotatable bonds is 4. The predicted molar refractivity (Wildman–Crippen MR) is 144 cm³/mol. The predicted octanol–water partition coefficient (Wildman–Crippen LogP) is 2.76. The Morgan fingerprint density at radius 2 is 1.95 bits per heavy atom. The molecule has 7 rings (SSSR count). The fourth-order valence-electron chi connectivity index (χ4n) is 5.43. The molecule has 0 aliphatic carbocycles. The zero-order valence-corrected chi connectivity index (χ0v) is 20.9. The van der Waals surface area contributed by atoms with Gasteiger partial charge in [-0.2, -0.15) is 0 Å². The molecule has 1 atom stereocenters. The summed E-state index contributed by atoms with van der Waals surface area (Å²) < 4.78 is 5.77. The summed E-state index contributed by atoms with van der Waals surface area (Å²) in [6, 6.07) is 20.2. The SMILES string of the molecule is CN1CNC=C1C(N)(c1ccc2c(c1)CCO2)c1ccc2c(c1)C(c1cccc(Cl)c1)=NC1=NNNN12. The van der Waals surface area contributed by atoms with E-state index >= 15 is 0 Å². The van der Waals surface area contributed by atoms with E-state index in [-0.39, 0.29) is 0 Å². The number of nitrogens with two attached hydrogens (primary N) is 1. The number of nitrogens with zero attached hydrogens (tertiary/aromatic N) is 4. The van der Waals surface area contributed by atoms with Crippen LogP contribution in [0.3, 0.4) is 0 Å². The molecule has 4 heterocycles. The lowest BCUT2D eigenvalue weighted by Gasteiger charge is -2.37. The van der Waals surface area contributed by atoms with Crippen molar-refractivity contribution in [2.24, 2.45) is 15.8 Å². The van der Waals surface area contributed by atoms with Crippen LogP contribution < -0.4 is 31.9 Å². The Hall–Kier alpha value is -4.05. The number of anilines is 1. The van der Waals surface area contributed by atoms with Crippen molar-refractivity contribution in [2.75, 3.05) is 25.3 Å². The molecule has 5 N–H and O–H groups in total. The third-order valence-electron chi connectivity index (χ3n) is 7.30. The van der Waals surface area contributed by atoms with Crippen LogP contribution in [0.5, 0.6) is 5.75 Å². The van der Waals surface area contributed by atoms with E-state index in [0.717, 1.165) is 51.5 Å². The summed E-state index contributed by atoms with van der Waals surface area (Å²) in [5.41, 5.74) is 20.0. The van der Waals surface area contributed by atoms with Crippen molar-refractivity contribution in [1.82, 2.24) is 21.3 Å². The van der Waals surface area contributed by atoms with Crippen LogP contribution in [0.2, 0.25) is 5.02 Å². The van der Waals surface area contributed by atoms with Crippen LogP contribution in [0.15, 0.2) is 82.7 Å². The van der Waals surface area contributed by atoms with Gasteiger partial charge in [-0.25, -0.2) is 15.5 Å². The monoisotopic (exact) mass is 512 g/mol. The third-order valence-corrected chi connectivity index (χ3v) is 7.54. The summed E-state index contributed by atoms with van der Waals surface area (Å²) in [5, 5.41) is 10.1. The van der Waals surface area contributed by atoms with E-state index in [1.165, 1.54) is 5.56 Å². The molecule has 10 heteroatoms. The molecule has 0 spiro atoms. The summed E-state index contributed by atoms with van der Waals surface area (Å²) in [5.74, 6) is 1.45. The maximum absolute atomic E-state index is 7.46. The molecule has 4 aliphatic heterocycles. The second-order valence-corrected chi connectivity index (χ2v) is 9.93. The van der Waals surface area contributed by atoms with Crippen molar-refractivity contribution < 1.29 is 4.74 Å². The number of ether oxygens (including phenoxy) is 1. The third kappa shape index (κ3) is 3.39. The van der Waals surface area contributed by atoms with E-state index in [4.69, 9.17) is 27.1 Å². The fourth-order valence-corrected chi connectivity index (χ4v) is 5.62. The molecule has 186 valence electrons. The van der Waals surface area contributed by atoms with Crippen molar-refractivity contribution in [2.45, 2.75) is 12.0 Å². The number of fused-ring (bicyclic) bond motifs is 4. The number of hydrogen-bond donors (Lipinski definition) is 4. The van der Waals surface area contributed by atoms with Gasteiger partial charge in [0.15, 0.2) is 0 Å². The molecule has 0 aromatic heterocycles. The average Bonchev–Trinajstić information content (AvgIpc) is 3.67. The molecular weight excluding hydrogens is 488 g/mol. The first-order valence-electron chi connectivity index (χ1n) is 12.1. The molecule has 0 radical (unpaired) electrons. The zero-order chi connectivity index (χ0) is 25.1.